The molecule has 0 bridgehead atoms. The van der Waals surface area contributed by atoms with Gasteiger partial charge < -0.3 is 15.4 Å². The first-order valence-corrected chi connectivity index (χ1v) is 13.1. The Morgan fingerprint density at radius 3 is 2.00 bits per heavy atom. The smallest absolute Gasteiger partial charge is 0.408 e. The number of aryl methyl sites for hydroxylation is 1. The SMILES string of the molecule is O=C(NC(Cc1ccccc1)C(=O)NC(C=Cc1ccccn1)CCc1ccccc1)OCc1ccccc1. The van der Waals surface area contributed by atoms with Gasteiger partial charge in [0.15, 0.2) is 0 Å². The van der Waals surface area contributed by atoms with Crippen molar-refractivity contribution in [2.75, 3.05) is 0 Å². The molecule has 2 unspecified atom stereocenters. The predicted octanol–water partition coefficient (Wildman–Crippen LogP) is 5.75. The predicted molar refractivity (Wildman–Crippen MR) is 154 cm³/mol. The first-order valence-electron chi connectivity index (χ1n) is 13.1. The lowest BCUT2D eigenvalue weighted by molar-refractivity contribution is -0.123. The van der Waals surface area contributed by atoms with Gasteiger partial charge in [0.1, 0.15) is 12.6 Å². The number of benzene rings is 3. The molecule has 39 heavy (non-hydrogen) atoms. The van der Waals surface area contributed by atoms with Gasteiger partial charge in [-0.05, 0) is 47.7 Å². The zero-order chi connectivity index (χ0) is 27.1. The van der Waals surface area contributed by atoms with Crippen molar-refractivity contribution in [1.82, 2.24) is 15.6 Å². The normalized spacial score (nSPS) is 12.4. The van der Waals surface area contributed by atoms with Gasteiger partial charge in [0.05, 0.1) is 5.69 Å². The van der Waals surface area contributed by atoms with Crippen molar-refractivity contribution in [3.05, 3.63) is 144 Å². The van der Waals surface area contributed by atoms with E-state index in [4.69, 9.17) is 4.74 Å². The lowest BCUT2D eigenvalue weighted by Gasteiger charge is -2.22. The Labute approximate surface area is 229 Å². The standard InChI is InChI=1S/C33H33N3O3/c37-32(35-30(20-19-26-12-4-1-5-13-26)22-21-29-18-10-11-23-34-29)31(24-27-14-6-2-7-15-27)36-33(38)39-25-28-16-8-3-9-17-28/h1-18,21-23,30-31H,19-20,24-25H2,(H,35,37)(H,36,38). The van der Waals surface area contributed by atoms with Crippen molar-refractivity contribution in [3.8, 4) is 0 Å². The maximum atomic E-state index is 13.6. The second-order valence-electron chi connectivity index (χ2n) is 9.20. The van der Waals surface area contributed by atoms with Gasteiger partial charge in [-0.3, -0.25) is 9.78 Å². The van der Waals surface area contributed by atoms with Crippen LogP contribution in [0.4, 0.5) is 4.79 Å². The first-order chi connectivity index (χ1) is 19.2. The minimum Gasteiger partial charge on any atom is -0.445 e. The summed E-state index contributed by atoms with van der Waals surface area (Å²) in [6.45, 7) is 0.124. The molecule has 0 radical (unpaired) electrons. The van der Waals surface area contributed by atoms with E-state index in [9.17, 15) is 9.59 Å². The monoisotopic (exact) mass is 519 g/mol. The van der Waals surface area contributed by atoms with E-state index in [1.165, 1.54) is 5.56 Å². The molecule has 4 aromatic rings. The van der Waals surface area contributed by atoms with Gasteiger partial charge in [-0.1, -0.05) is 103 Å². The number of amides is 2. The molecule has 0 saturated carbocycles. The third-order valence-corrected chi connectivity index (χ3v) is 6.21. The second-order valence-corrected chi connectivity index (χ2v) is 9.20. The molecule has 198 valence electrons. The molecule has 6 nitrogen and oxygen atoms in total. The Bertz CT molecular complexity index is 1310. The molecule has 6 heteroatoms. The number of carbonyl (C=O) groups is 2. The highest BCUT2D eigenvalue weighted by Gasteiger charge is 2.24. The number of hydrogen-bond acceptors (Lipinski definition) is 4. The molecule has 0 fully saturated rings. The lowest BCUT2D eigenvalue weighted by atomic mass is 10.0. The molecular formula is C33H33N3O3. The fourth-order valence-electron chi connectivity index (χ4n) is 4.12. The van der Waals surface area contributed by atoms with E-state index in [0.29, 0.717) is 12.8 Å². The van der Waals surface area contributed by atoms with E-state index in [2.05, 4.69) is 27.8 Å². The van der Waals surface area contributed by atoms with Crippen molar-refractivity contribution in [2.45, 2.75) is 38.0 Å². The molecule has 0 aliphatic carbocycles. The summed E-state index contributed by atoms with van der Waals surface area (Å²) in [6, 6.07) is 33.8. The summed E-state index contributed by atoms with van der Waals surface area (Å²) in [4.78, 5) is 30.6. The van der Waals surface area contributed by atoms with Crippen LogP contribution in [0.3, 0.4) is 0 Å². The molecule has 0 aliphatic heterocycles. The van der Waals surface area contributed by atoms with Crippen LogP contribution in [-0.2, 0) is 29.0 Å². The average molecular weight is 520 g/mol. The van der Waals surface area contributed by atoms with Crippen molar-refractivity contribution in [1.29, 1.82) is 0 Å². The zero-order valence-electron chi connectivity index (χ0n) is 21.8. The molecule has 4 rings (SSSR count). The number of nitrogens with one attached hydrogen (secondary N) is 2. The van der Waals surface area contributed by atoms with E-state index < -0.39 is 12.1 Å². The van der Waals surface area contributed by atoms with Gasteiger partial charge >= 0.3 is 6.09 Å². The number of aromatic nitrogens is 1. The molecule has 0 spiro atoms. The Morgan fingerprint density at radius 1 is 0.744 bits per heavy atom. The van der Waals surface area contributed by atoms with Crippen molar-refractivity contribution >= 4 is 18.1 Å². The Hall–Kier alpha value is -4.71. The van der Waals surface area contributed by atoms with Crippen molar-refractivity contribution in [3.63, 3.8) is 0 Å². The molecule has 0 saturated heterocycles. The van der Waals surface area contributed by atoms with E-state index in [1.807, 2.05) is 109 Å². The van der Waals surface area contributed by atoms with Gasteiger partial charge in [0.2, 0.25) is 5.91 Å². The van der Waals surface area contributed by atoms with E-state index in [1.54, 1.807) is 6.20 Å². The van der Waals surface area contributed by atoms with Crippen LogP contribution in [0, 0.1) is 0 Å². The van der Waals surface area contributed by atoms with Crippen LogP contribution in [0.2, 0.25) is 0 Å². The summed E-state index contributed by atoms with van der Waals surface area (Å²) in [5.74, 6) is -0.278. The van der Waals surface area contributed by atoms with E-state index in [-0.39, 0.29) is 18.6 Å². The van der Waals surface area contributed by atoms with Crippen LogP contribution in [0.5, 0.6) is 0 Å². The van der Waals surface area contributed by atoms with Crippen LogP contribution in [0.25, 0.3) is 6.08 Å². The minimum absolute atomic E-state index is 0.124. The molecule has 2 atom stereocenters. The lowest BCUT2D eigenvalue weighted by Crippen LogP contribution is -2.50. The summed E-state index contributed by atoms with van der Waals surface area (Å²) >= 11 is 0. The van der Waals surface area contributed by atoms with E-state index >= 15 is 0 Å². The molecular weight excluding hydrogens is 486 g/mol. The van der Waals surface area contributed by atoms with Gasteiger partial charge in [-0.25, -0.2) is 4.79 Å². The quantitative estimate of drug-likeness (QED) is 0.250. The van der Waals surface area contributed by atoms with Crippen LogP contribution in [0.1, 0.15) is 28.8 Å². The van der Waals surface area contributed by atoms with Crippen molar-refractivity contribution < 1.29 is 14.3 Å². The summed E-state index contributed by atoms with van der Waals surface area (Å²) in [7, 11) is 0. The summed E-state index contributed by atoms with van der Waals surface area (Å²) in [6.07, 6.45) is 6.77. The minimum atomic E-state index is -0.807. The van der Waals surface area contributed by atoms with E-state index in [0.717, 1.165) is 23.2 Å². The summed E-state index contributed by atoms with van der Waals surface area (Å²) in [5, 5.41) is 5.91. The van der Waals surface area contributed by atoms with Crippen LogP contribution in [0.15, 0.2) is 121 Å². The molecule has 2 amide bonds. The molecule has 3 aromatic carbocycles. The molecule has 1 aromatic heterocycles. The molecule has 0 aliphatic rings. The number of hydrogen-bond donors (Lipinski definition) is 2. The largest absolute Gasteiger partial charge is 0.445 e. The fraction of sp³-hybridized carbons (Fsp3) is 0.182. The van der Waals surface area contributed by atoms with Crippen LogP contribution in [-0.4, -0.2) is 29.1 Å². The number of ether oxygens (including phenoxy) is 1. The Morgan fingerprint density at radius 2 is 1.36 bits per heavy atom. The van der Waals surface area contributed by atoms with Crippen LogP contribution >= 0.6 is 0 Å². The first kappa shape index (κ1) is 27.3. The van der Waals surface area contributed by atoms with Crippen molar-refractivity contribution in [2.24, 2.45) is 0 Å². The average Bonchev–Trinajstić information content (AvgIpc) is 2.99. The maximum absolute atomic E-state index is 13.6. The molecule has 1 heterocycles. The fourth-order valence-corrected chi connectivity index (χ4v) is 4.12. The third-order valence-electron chi connectivity index (χ3n) is 6.21. The Balaban J connectivity index is 1.46. The van der Waals surface area contributed by atoms with Gasteiger partial charge in [-0.15, -0.1) is 0 Å². The Kier molecular flexibility index (Phi) is 10.4. The highest BCUT2D eigenvalue weighted by Crippen LogP contribution is 2.10. The number of nitrogens with zero attached hydrogens (tertiary/aromatic N) is 1. The van der Waals surface area contributed by atoms with Gasteiger partial charge in [-0.2, -0.15) is 0 Å². The topological polar surface area (TPSA) is 80.3 Å². The zero-order valence-corrected chi connectivity index (χ0v) is 21.8. The third kappa shape index (κ3) is 9.59. The number of carbonyl (C=O) groups excluding carboxylic acids is 2. The second kappa shape index (κ2) is 14.9. The maximum Gasteiger partial charge on any atom is 0.408 e. The summed E-state index contributed by atoms with van der Waals surface area (Å²) in [5.41, 5.74) is 3.80. The highest BCUT2D eigenvalue weighted by molar-refractivity contribution is 5.86. The summed E-state index contributed by atoms with van der Waals surface area (Å²) < 4.78 is 5.41. The van der Waals surface area contributed by atoms with Gasteiger partial charge in [0, 0.05) is 18.7 Å². The number of pyridine rings is 1. The number of alkyl carbamates (subject to hydrolysis) is 1. The molecule has 2 N–H and O–H groups in total. The highest BCUT2D eigenvalue weighted by atomic mass is 16.5. The van der Waals surface area contributed by atoms with Gasteiger partial charge in [0.25, 0.3) is 0 Å². The van der Waals surface area contributed by atoms with Crippen LogP contribution < -0.4 is 10.6 Å². The number of rotatable bonds is 12.